The minimum atomic E-state index is -1.27. The van der Waals surface area contributed by atoms with Crippen molar-refractivity contribution in [1.29, 1.82) is 0 Å². The van der Waals surface area contributed by atoms with Crippen LogP contribution in [0.4, 0.5) is 0 Å². The van der Waals surface area contributed by atoms with E-state index in [1.807, 2.05) is 0 Å². The maximum Gasteiger partial charge on any atom is 0.329 e. The molecule has 6 nitrogen and oxygen atoms in total. The van der Waals surface area contributed by atoms with Crippen LogP contribution in [0.15, 0.2) is 6.08 Å². The molecular weight excluding hydrogens is 294 g/mol. The third kappa shape index (κ3) is 3.44. The highest BCUT2D eigenvalue weighted by Gasteiger charge is 2.35. The van der Waals surface area contributed by atoms with Crippen molar-refractivity contribution in [3.63, 3.8) is 0 Å². The second-order valence-electron chi connectivity index (χ2n) is 5.19. The fourth-order valence-electron chi connectivity index (χ4n) is 2.02. The van der Waals surface area contributed by atoms with Crippen molar-refractivity contribution in [2.45, 2.75) is 33.2 Å². The lowest BCUT2D eigenvalue weighted by Crippen LogP contribution is -2.52. The third-order valence-electron chi connectivity index (χ3n) is 3.37. The molecule has 0 aliphatic rings. The first-order valence-corrected chi connectivity index (χ1v) is 6.92. The van der Waals surface area contributed by atoms with E-state index in [0.29, 0.717) is 23.0 Å². The van der Waals surface area contributed by atoms with E-state index in [0.717, 1.165) is 0 Å². The summed E-state index contributed by atoms with van der Waals surface area (Å²) in [5, 5.41) is 13.8. The number of carbonyl (C=O) groups excluding carboxylic acids is 1. The molecular formula is C14H20ClN3O3. The SMILES string of the molecule is CCN(C(=O)C=Cc1c(C)nn(C)c1Cl)C(C)(C)C(=O)O. The zero-order valence-corrected chi connectivity index (χ0v) is 13.6. The normalized spacial score (nSPS) is 11.9. The lowest BCUT2D eigenvalue weighted by atomic mass is 10.0. The summed E-state index contributed by atoms with van der Waals surface area (Å²) in [4.78, 5) is 24.8. The zero-order valence-electron chi connectivity index (χ0n) is 12.8. The van der Waals surface area contributed by atoms with Gasteiger partial charge in [0.1, 0.15) is 10.7 Å². The van der Waals surface area contributed by atoms with Crippen molar-refractivity contribution in [2.75, 3.05) is 6.54 Å². The van der Waals surface area contributed by atoms with E-state index in [1.54, 1.807) is 27.0 Å². The van der Waals surface area contributed by atoms with Crippen molar-refractivity contribution in [1.82, 2.24) is 14.7 Å². The molecule has 1 aromatic rings. The molecule has 0 saturated carbocycles. The van der Waals surface area contributed by atoms with Crippen LogP contribution in [-0.4, -0.2) is 43.7 Å². The van der Waals surface area contributed by atoms with Crippen molar-refractivity contribution in [3.8, 4) is 0 Å². The minimum absolute atomic E-state index is 0.294. The quantitative estimate of drug-likeness (QED) is 0.845. The van der Waals surface area contributed by atoms with E-state index in [2.05, 4.69) is 5.10 Å². The Morgan fingerprint density at radius 3 is 2.43 bits per heavy atom. The molecule has 1 amide bonds. The second-order valence-corrected chi connectivity index (χ2v) is 5.55. The summed E-state index contributed by atoms with van der Waals surface area (Å²) in [5.74, 6) is -1.44. The van der Waals surface area contributed by atoms with Gasteiger partial charge in [0.2, 0.25) is 5.91 Å². The van der Waals surface area contributed by atoms with E-state index in [4.69, 9.17) is 11.6 Å². The van der Waals surface area contributed by atoms with Gasteiger partial charge < -0.3 is 10.0 Å². The highest BCUT2D eigenvalue weighted by molar-refractivity contribution is 6.31. The summed E-state index contributed by atoms with van der Waals surface area (Å²) in [6.07, 6.45) is 2.89. The van der Waals surface area contributed by atoms with Gasteiger partial charge in [0.25, 0.3) is 0 Å². The zero-order chi connectivity index (χ0) is 16.4. The van der Waals surface area contributed by atoms with Gasteiger partial charge in [-0.3, -0.25) is 9.48 Å². The van der Waals surface area contributed by atoms with Gasteiger partial charge in [0.15, 0.2) is 0 Å². The van der Waals surface area contributed by atoms with Crippen molar-refractivity contribution < 1.29 is 14.7 Å². The molecule has 1 N–H and O–H groups in total. The average molecular weight is 314 g/mol. The number of rotatable bonds is 5. The van der Waals surface area contributed by atoms with Crippen LogP contribution in [0.3, 0.4) is 0 Å². The Balaban J connectivity index is 3.03. The van der Waals surface area contributed by atoms with E-state index >= 15 is 0 Å². The highest BCUT2D eigenvalue weighted by atomic mass is 35.5. The van der Waals surface area contributed by atoms with Crippen LogP contribution in [0.2, 0.25) is 5.15 Å². The van der Waals surface area contributed by atoms with Crippen LogP contribution in [0.1, 0.15) is 32.0 Å². The Bertz CT molecular complexity index is 591. The standard InChI is InChI=1S/C14H20ClN3O3/c1-6-18(14(3,4)13(20)21)11(19)8-7-10-9(2)16-17(5)12(10)15/h7-8H,6H2,1-5H3,(H,20,21). The number of hydrogen-bond acceptors (Lipinski definition) is 3. The molecule has 0 bridgehead atoms. The molecule has 0 aromatic carbocycles. The third-order valence-corrected chi connectivity index (χ3v) is 3.82. The van der Waals surface area contributed by atoms with Gasteiger partial charge >= 0.3 is 5.97 Å². The predicted molar refractivity (Wildman–Crippen MR) is 81.1 cm³/mol. The molecule has 0 fully saturated rings. The number of carboxylic acids is 1. The molecule has 116 valence electrons. The Labute approximate surface area is 129 Å². The van der Waals surface area contributed by atoms with Gasteiger partial charge in [-0.2, -0.15) is 5.10 Å². The predicted octanol–water partition coefficient (Wildman–Crippen LogP) is 2.11. The van der Waals surface area contributed by atoms with E-state index in [9.17, 15) is 14.7 Å². The number of aryl methyl sites for hydroxylation is 2. The molecule has 0 atom stereocenters. The van der Waals surface area contributed by atoms with Gasteiger partial charge in [-0.25, -0.2) is 4.79 Å². The van der Waals surface area contributed by atoms with Gasteiger partial charge in [-0.1, -0.05) is 11.6 Å². The Morgan fingerprint density at radius 2 is 2.05 bits per heavy atom. The number of amides is 1. The molecule has 1 aromatic heterocycles. The summed E-state index contributed by atoms with van der Waals surface area (Å²) in [5.41, 5.74) is 0.0769. The van der Waals surface area contributed by atoms with E-state index < -0.39 is 11.5 Å². The first-order valence-electron chi connectivity index (χ1n) is 6.55. The summed E-state index contributed by atoms with van der Waals surface area (Å²) < 4.78 is 1.51. The molecule has 0 saturated heterocycles. The van der Waals surface area contributed by atoms with Crippen molar-refractivity contribution in [2.24, 2.45) is 7.05 Å². The fraction of sp³-hybridized carbons (Fsp3) is 0.500. The fourth-order valence-corrected chi connectivity index (χ4v) is 2.26. The summed E-state index contributed by atoms with van der Waals surface area (Å²) in [6.45, 7) is 6.80. The number of carbonyl (C=O) groups is 2. The van der Waals surface area contributed by atoms with Crippen LogP contribution in [-0.2, 0) is 16.6 Å². The van der Waals surface area contributed by atoms with Crippen LogP contribution < -0.4 is 0 Å². The molecule has 0 radical (unpaired) electrons. The molecule has 0 spiro atoms. The molecule has 21 heavy (non-hydrogen) atoms. The van der Waals surface area contributed by atoms with Gasteiger partial charge in [0, 0.05) is 25.2 Å². The maximum atomic E-state index is 12.2. The summed E-state index contributed by atoms with van der Waals surface area (Å²) in [6, 6.07) is 0. The van der Waals surface area contributed by atoms with Crippen LogP contribution in [0, 0.1) is 6.92 Å². The molecule has 1 heterocycles. The number of halogens is 1. The second kappa shape index (κ2) is 6.30. The van der Waals surface area contributed by atoms with Crippen molar-refractivity contribution >= 4 is 29.6 Å². The van der Waals surface area contributed by atoms with Gasteiger partial charge in [0.05, 0.1) is 5.69 Å². The number of aliphatic carboxylic acids is 1. The molecule has 1 rings (SSSR count). The lowest BCUT2D eigenvalue weighted by molar-refractivity contribution is -0.154. The number of aromatic nitrogens is 2. The number of carboxylic acid groups (broad SMARTS) is 1. The smallest absolute Gasteiger partial charge is 0.329 e. The van der Waals surface area contributed by atoms with Crippen LogP contribution >= 0.6 is 11.6 Å². The van der Waals surface area contributed by atoms with E-state index in [1.165, 1.54) is 29.5 Å². The van der Waals surface area contributed by atoms with E-state index in [-0.39, 0.29) is 5.91 Å². The molecule has 7 heteroatoms. The Hall–Kier alpha value is -1.82. The molecule has 0 aliphatic carbocycles. The number of hydrogen-bond donors (Lipinski definition) is 1. The summed E-state index contributed by atoms with van der Waals surface area (Å²) in [7, 11) is 1.71. The largest absolute Gasteiger partial charge is 0.480 e. The number of likely N-dealkylation sites (N-methyl/N-ethyl adjacent to an activating group) is 1. The molecule has 0 unspecified atom stereocenters. The topological polar surface area (TPSA) is 75.4 Å². The first-order chi connectivity index (χ1) is 9.62. The number of nitrogens with zero attached hydrogens (tertiary/aromatic N) is 3. The van der Waals surface area contributed by atoms with Gasteiger partial charge in [-0.15, -0.1) is 0 Å². The van der Waals surface area contributed by atoms with Crippen molar-refractivity contribution in [3.05, 3.63) is 22.5 Å². The Morgan fingerprint density at radius 1 is 1.48 bits per heavy atom. The van der Waals surface area contributed by atoms with Crippen LogP contribution in [0.25, 0.3) is 6.08 Å². The molecule has 0 aliphatic heterocycles. The maximum absolute atomic E-state index is 12.2. The highest BCUT2D eigenvalue weighted by Crippen LogP contribution is 2.21. The first kappa shape index (κ1) is 17.2. The van der Waals surface area contributed by atoms with Crippen LogP contribution in [0.5, 0.6) is 0 Å². The lowest BCUT2D eigenvalue weighted by Gasteiger charge is -2.33. The van der Waals surface area contributed by atoms with Gasteiger partial charge in [-0.05, 0) is 33.8 Å². The minimum Gasteiger partial charge on any atom is -0.480 e. The monoisotopic (exact) mass is 313 g/mol. The summed E-state index contributed by atoms with van der Waals surface area (Å²) >= 11 is 6.08. The average Bonchev–Trinajstić information content (AvgIpc) is 2.61. The Kier molecular flexibility index (Phi) is 5.17.